The SMILES string of the molecule is COc1cc(-n2cnc3cc(-c4ccc(Cl)cc4)sc3c2=O)ccc1OCC1(O)CC(F)(F)C1.COc1cc(-n2cnc3cc(-c4ccc(Cl)cc4)sc3c2=O)ccc1OC[C@H](O)C1CC1. The molecular weight excluding hydrogens is 934 g/mol. The number of aromatic nitrogens is 4. The Morgan fingerprint density at radius 3 is 1.58 bits per heavy atom. The van der Waals surface area contributed by atoms with Crippen molar-refractivity contribution in [2.75, 3.05) is 27.4 Å². The van der Waals surface area contributed by atoms with Gasteiger partial charge in [-0.05, 0) is 90.6 Å². The number of rotatable bonds is 13. The number of halogens is 4. The molecule has 0 bridgehead atoms. The first-order valence-electron chi connectivity index (χ1n) is 20.6. The van der Waals surface area contributed by atoms with Crippen molar-refractivity contribution in [3.63, 3.8) is 0 Å². The summed E-state index contributed by atoms with van der Waals surface area (Å²) >= 11 is 14.7. The number of hydrogen-bond acceptors (Lipinski definition) is 12. The van der Waals surface area contributed by atoms with Gasteiger partial charge in [0, 0.05) is 44.8 Å². The first kappa shape index (κ1) is 45.3. The Labute approximate surface area is 393 Å². The van der Waals surface area contributed by atoms with Gasteiger partial charge >= 0.3 is 0 Å². The number of ether oxygens (including phenoxy) is 4. The molecule has 18 heteroatoms. The number of hydrogen-bond donors (Lipinski definition) is 2. The molecule has 2 fully saturated rings. The lowest BCUT2D eigenvalue weighted by molar-refractivity contribution is -0.215. The molecule has 0 spiro atoms. The van der Waals surface area contributed by atoms with Crippen LogP contribution in [0.5, 0.6) is 23.0 Å². The molecule has 2 aliphatic rings. The fourth-order valence-electron chi connectivity index (χ4n) is 7.57. The van der Waals surface area contributed by atoms with Crippen molar-refractivity contribution in [1.29, 1.82) is 0 Å². The van der Waals surface area contributed by atoms with Crippen LogP contribution in [0.15, 0.2) is 119 Å². The quantitative estimate of drug-likeness (QED) is 0.114. The molecule has 4 aromatic heterocycles. The molecule has 340 valence electrons. The molecule has 0 amide bonds. The van der Waals surface area contributed by atoms with E-state index in [9.17, 15) is 28.6 Å². The van der Waals surface area contributed by atoms with Crippen LogP contribution in [0.3, 0.4) is 0 Å². The van der Waals surface area contributed by atoms with Gasteiger partial charge in [0.2, 0.25) is 0 Å². The van der Waals surface area contributed by atoms with Crippen LogP contribution >= 0.6 is 45.9 Å². The molecule has 0 aliphatic heterocycles. The van der Waals surface area contributed by atoms with Crippen molar-refractivity contribution >= 4 is 66.3 Å². The van der Waals surface area contributed by atoms with Crippen LogP contribution in [0, 0.1) is 5.92 Å². The zero-order valence-electron chi connectivity index (χ0n) is 35.3. The minimum atomic E-state index is -2.87. The number of aliphatic hydroxyl groups is 2. The zero-order valence-corrected chi connectivity index (χ0v) is 38.4. The number of alkyl halides is 2. The van der Waals surface area contributed by atoms with Crippen LogP contribution in [-0.4, -0.2) is 74.4 Å². The summed E-state index contributed by atoms with van der Waals surface area (Å²) in [7, 11) is 2.98. The third-order valence-corrected chi connectivity index (χ3v) is 14.1. The van der Waals surface area contributed by atoms with Gasteiger partial charge in [0.1, 0.15) is 40.9 Å². The number of fused-ring (bicyclic) bond motifs is 2. The lowest BCUT2D eigenvalue weighted by Crippen LogP contribution is -2.55. The largest absolute Gasteiger partial charge is 0.493 e. The van der Waals surface area contributed by atoms with E-state index >= 15 is 0 Å². The standard InChI is InChI=1S/C24H19ClF2N2O4S.C24H21ClN2O4S/c1-32-19-8-16(6-7-18(19)33-12-23(31)10-24(26,27)11-23)29-13-28-17-9-20(34-21(17)22(29)30)14-2-4-15(25)5-3-14;1-30-21-10-17(8-9-20(21)31-12-19(28)14-2-3-14)27-13-26-18-11-22(32-23(18)24(27)29)15-4-6-16(25)7-5-15/h2-9,13,31H,10-12H2,1H3;4-11,13-14,19,28H,2-3,12H2,1H3/t;19-/m.0/s1. The number of methoxy groups -OCH3 is 2. The second kappa shape index (κ2) is 18.4. The van der Waals surface area contributed by atoms with Gasteiger partial charge in [-0.25, -0.2) is 18.7 Å². The molecule has 0 radical (unpaired) electrons. The van der Waals surface area contributed by atoms with Crippen LogP contribution < -0.4 is 30.1 Å². The van der Waals surface area contributed by atoms with E-state index < -0.39 is 30.5 Å². The molecule has 2 N–H and O–H groups in total. The minimum absolute atomic E-state index is 0.153. The molecule has 4 aromatic carbocycles. The highest BCUT2D eigenvalue weighted by atomic mass is 35.5. The number of benzene rings is 4. The summed E-state index contributed by atoms with van der Waals surface area (Å²) in [5.41, 5.74) is 2.33. The summed E-state index contributed by atoms with van der Waals surface area (Å²) in [4.78, 5) is 37.2. The van der Waals surface area contributed by atoms with Gasteiger partial charge in [-0.1, -0.05) is 47.5 Å². The molecule has 1 atom stereocenters. The van der Waals surface area contributed by atoms with Gasteiger partial charge in [-0.15, -0.1) is 22.7 Å². The lowest BCUT2D eigenvalue weighted by atomic mass is 9.77. The van der Waals surface area contributed by atoms with Gasteiger partial charge in [0.15, 0.2) is 23.0 Å². The van der Waals surface area contributed by atoms with Gasteiger partial charge in [0.25, 0.3) is 17.0 Å². The van der Waals surface area contributed by atoms with Crippen molar-refractivity contribution < 1.29 is 37.9 Å². The summed E-state index contributed by atoms with van der Waals surface area (Å²) in [5.74, 6) is -0.941. The molecule has 66 heavy (non-hydrogen) atoms. The van der Waals surface area contributed by atoms with Crippen LogP contribution in [0.4, 0.5) is 8.78 Å². The second-order valence-corrected chi connectivity index (χ2v) is 19.1. The van der Waals surface area contributed by atoms with Crippen molar-refractivity contribution in [3.05, 3.63) is 140 Å². The van der Waals surface area contributed by atoms with Crippen LogP contribution in [0.2, 0.25) is 10.0 Å². The normalized spacial score (nSPS) is 15.4. The lowest BCUT2D eigenvalue weighted by Gasteiger charge is -2.42. The van der Waals surface area contributed by atoms with Crippen molar-refractivity contribution in [2.45, 2.75) is 43.3 Å². The predicted molar refractivity (Wildman–Crippen MR) is 253 cm³/mol. The fourth-order valence-corrected chi connectivity index (χ4v) is 9.92. The smallest absolute Gasteiger partial charge is 0.275 e. The Kier molecular flexibility index (Phi) is 12.6. The molecule has 2 aliphatic carbocycles. The molecule has 2 saturated carbocycles. The summed E-state index contributed by atoms with van der Waals surface area (Å²) in [5, 5.41) is 21.5. The van der Waals surface area contributed by atoms with Gasteiger partial charge in [0.05, 0.1) is 42.7 Å². The summed E-state index contributed by atoms with van der Waals surface area (Å²) in [6.07, 6.45) is 3.30. The summed E-state index contributed by atoms with van der Waals surface area (Å²) < 4.78 is 52.4. The Morgan fingerprint density at radius 2 is 1.15 bits per heavy atom. The van der Waals surface area contributed by atoms with Crippen molar-refractivity contribution in [3.8, 4) is 55.3 Å². The maximum absolute atomic E-state index is 13.2. The highest BCUT2D eigenvalue weighted by Gasteiger charge is 2.56. The van der Waals surface area contributed by atoms with E-state index in [4.69, 9.17) is 42.1 Å². The third-order valence-electron chi connectivity index (χ3n) is 11.2. The molecule has 12 nitrogen and oxygen atoms in total. The van der Waals surface area contributed by atoms with Crippen LogP contribution in [0.1, 0.15) is 25.7 Å². The van der Waals surface area contributed by atoms with Gasteiger partial charge < -0.3 is 29.2 Å². The molecule has 0 saturated heterocycles. The maximum atomic E-state index is 13.2. The van der Waals surface area contributed by atoms with E-state index in [1.165, 1.54) is 51.6 Å². The van der Waals surface area contributed by atoms with Crippen LogP contribution in [0.25, 0.3) is 52.7 Å². The third kappa shape index (κ3) is 9.66. The highest BCUT2D eigenvalue weighted by molar-refractivity contribution is 7.22. The topological polar surface area (TPSA) is 147 Å². The van der Waals surface area contributed by atoms with Gasteiger partial charge in [-0.2, -0.15) is 0 Å². The van der Waals surface area contributed by atoms with E-state index in [0.29, 0.717) is 65.0 Å². The number of aliphatic hydroxyl groups excluding tert-OH is 1. The molecule has 8 aromatic rings. The average molecular weight is 974 g/mol. The molecule has 10 rings (SSSR count). The molecule has 0 unspecified atom stereocenters. The monoisotopic (exact) mass is 972 g/mol. The van der Waals surface area contributed by atoms with E-state index in [0.717, 1.165) is 33.7 Å². The molecular formula is C48H40Cl2F2N4O8S2. The maximum Gasteiger partial charge on any atom is 0.275 e. The Hall–Kier alpha value is -5.88. The highest BCUT2D eigenvalue weighted by Crippen LogP contribution is 2.46. The Bertz CT molecular complexity index is 3180. The second-order valence-electron chi connectivity index (χ2n) is 16.1. The fraction of sp³-hybridized carbons (Fsp3) is 0.250. The van der Waals surface area contributed by atoms with Crippen LogP contribution in [-0.2, 0) is 0 Å². The number of nitrogens with zero attached hydrogens (tertiary/aromatic N) is 4. The first-order valence-corrected chi connectivity index (χ1v) is 23.0. The zero-order chi connectivity index (χ0) is 46.3. The van der Waals surface area contributed by atoms with E-state index in [1.807, 2.05) is 48.5 Å². The van der Waals surface area contributed by atoms with E-state index in [2.05, 4.69) is 9.97 Å². The summed E-state index contributed by atoms with van der Waals surface area (Å²) in [6, 6.07) is 28.7. The first-order chi connectivity index (χ1) is 31.7. The predicted octanol–water partition coefficient (Wildman–Crippen LogP) is 10.2. The van der Waals surface area contributed by atoms with E-state index in [-0.39, 0.29) is 30.1 Å². The van der Waals surface area contributed by atoms with Crippen molar-refractivity contribution in [2.24, 2.45) is 5.92 Å². The van der Waals surface area contributed by atoms with Gasteiger partial charge in [-0.3, -0.25) is 18.7 Å². The van der Waals surface area contributed by atoms with Crippen molar-refractivity contribution in [1.82, 2.24) is 19.1 Å². The van der Waals surface area contributed by atoms with E-state index in [1.54, 1.807) is 55.6 Å². The molecule has 4 heterocycles. The Morgan fingerprint density at radius 1 is 0.697 bits per heavy atom. The summed E-state index contributed by atoms with van der Waals surface area (Å²) in [6.45, 7) is -0.0645. The minimum Gasteiger partial charge on any atom is -0.493 e. The average Bonchev–Trinajstić information content (AvgIpc) is 3.91. The number of thiophene rings is 2. The Balaban J connectivity index is 0.000000166.